The van der Waals surface area contributed by atoms with Gasteiger partial charge in [-0.3, -0.25) is 9.59 Å². The minimum absolute atomic E-state index is 0.00971. The Hall–Kier alpha value is -3.54. The number of hydrogen-bond acceptors (Lipinski definition) is 6. The number of pyridine rings is 1. The van der Waals surface area contributed by atoms with Gasteiger partial charge in [0.25, 0.3) is 5.91 Å². The molecule has 196 valence electrons. The predicted molar refractivity (Wildman–Crippen MR) is 126 cm³/mol. The molecule has 0 aliphatic heterocycles. The number of aromatic nitrogens is 1. The molecule has 0 fully saturated rings. The van der Waals surface area contributed by atoms with Crippen molar-refractivity contribution in [2.45, 2.75) is 51.9 Å². The van der Waals surface area contributed by atoms with Gasteiger partial charge in [0.2, 0.25) is 5.91 Å². The van der Waals surface area contributed by atoms with Gasteiger partial charge in [-0.05, 0) is 39.3 Å². The van der Waals surface area contributed by atoms with E-state index in [1.54, 1.807) is 20.8 Å². The van der Waals surface area contributed by atoms with Crippen LogP contribution in [0.2, 0.25) is 5.15 Å². The fraction of sp³-hybridized carbons (Fsp3) is 0.391. The van der Waals surface area contributed by atoms with Gasteiger partial charge in [-0.15, -0.1) is 0 Å². The van der Waals surface area contributed by atoms with Gasteiger partial charge in [0.05, 0.1) is 29.6 Å². The van der Waals surface area contributed by atoms with E-state index in [0.717, 1.165) is 6.07 Å². The molecule has 13 heteroatoms. The van der Waals surface area contributed by atoms with E-state index < -0.39 is 41.0 Å². The molecule has 2 aromatic rings. The van der Waals surface area contributed by atoms with Gasteiger partial charge in [-0.25, -0.2) is 9.78 Å². The van der Waals surface area contributed by atoms with Crippen LogP contribution in [0.25, 0.3) is 0 Å². The number of anilines is 1. The van der Waals surface area contributed by atoms with E-state index in [0.29, 0.717) is 0 Å². The Morgan fingerprint density at radius 2 is 1.86 bits per heavy atom. The largest absolute Gasteiger partial charge is 0.493 e. The molecular formula is C23H26ClF3N4O5. The van der Waals surface area contributed by atoms with E-state index >= 15 is 0 Å². The number of nitrogens with two attached hydrogens (primary N) is 1. The molecule has 2 rings (SSSR count). The third kappa shape index (κ3) is 8.91. The first kappa shape index (κ1) is 28.7. The van der Waals surface area contributed by atoms with Crippen LogP contribution in [0.4, 0.5) is 23.7 Å². The number of benzene rings is 1. The Kier molecular flexibility index (Phi) is 9.51. The zero-order valence-electron chi connectivity index (χ0n) is 19.8. The number of nitrogens with one attached hydrogen (secondary N) is 2. The fourth-order valence-corrected chi connectivity index (χ4v) is 3.11. The Morgan fingerprint density at radius 1 is 1.17 bits per heavy atom. The lowest BCUT2D eigenvalue weighted by Gasteiger charge is -2.21. The Balaban J connectivity index is 2.04. The fourth-order valence-electron chi connectivity index (χ4n) is 2.95. The SMILES string of the molecule is CC(C)(C)OC(=O)NCc1cccc(C(F)(F)F)c1OCCCC(=O)Nc1cnc(Cl)cc1C(N)=O. The van der Waals surface area contributed by atoms with Crippen LogP contribution in [-0.2, 0) is 22.3 Å². The normalized spacial score (nSPS) is 11.5. The first-order valence-electron chi connectivity index (χ1n) is 10.7. The van der Waals surface area contributed by atoms with Crippen molar-refractivity contribution >= 4 is 35.2 Å². The summed E-state index contributed by atoms with van der Waals surface area (Å²) in [6.45, 7) is 4.45. The number of carbonyl (C=O) groups excluding carboxylic acids is 3. The first-order valence-corrected chi connectivity index (χ1v) is 11.1. The van der Waals surface area contributed by atoms with Gasteiger partial charge in [0, 0.05) is 18.5 Å². The summed E-state index contributed by atoms with van der Waals surface area (Å²) in [5.74, 6) is -1.82. The Labute approximate surface area is 210 Å². The molecule has 0 spiro atoms. The number of alkyl halides is 3. The lowest BCUT2D eigenvalue weighted by molar-refractivity contribution is -0.139. The van der Waals surface area contributed by atoms with Crippen molar-refractivity contribution in [2.75, 3.05) is 11.9 Å². The number of rotatable bonds is 9. The van der Waals surface area contributed by atoms with Crippen molar-refractivity contribution in [2.24, 2.45) is 5.73 Å². The highest BCUT2D eigenvalue weighted by atomic mass is 35.5. The standard InChI is InChI=1S/C23H26ClF3N4O5/c1-22(2,3)36-21(34)30-11-13-6-4-7-15(23(25,26)27)19(13)35-9-5-8-18(32)31-16-12-29-17(24)10-14(16)20(28)33/h4,6-7,10,12H,5,8-9,11H2,1-3H3,(H2,28,33)(H,30,34)(H,31,32). The van der Waals surface area contributed by atoms with Crippen molar-refractivity contribution in [1.82, 2.24) is 10.3 Å². The van der Waals surface area contributed by atoms with Crippen LogP contribution >= 0.6 is 11.6 Å². The quantitative estimate of drug-likeness (QED) is 0.318. The molecule has 9 nitrogen and oxygen atoms in total. The summed E-state index contributed by atoms with van der Waals surface area (Å²) in [5, 5.41) is 4.87. The molecule has 0 saturated carbocycles. The van der Waals surface area contributed by atoms with Crippen LogP contribution in [0.5, 0.6) is 5.75 Å². The second-order valence-electron chi connectivity index (χ2n) is 8.56. The Morgan fingerprint density at radius 3 is 2.47 bits per heavy atom. The maximum atomic E-state index is 13.6. The maximum Gasteiger partial charge on any atom is 0.419 e. The zero-order chi connectivity index (χ0) is 27.1. The molecule has 0 unspecified atom stereocenters. The highest BCUT2D eigenvalue weighted by molar-refractivity contribution is 6.30. The molecule has 0 saturated heterocycles. The molecule has 0 aliphatic rings. The Bertz CT molecular complexity index is 1120. The number of ether oxygens (including phenoxy) is 2. The summed E-state index contributed by atoms with van der Waals surface area (Å²) in [5.41, 5.74) is 3.55. The van der Waals surface area contributed by atoms with Gasteiger partial charge < -0.3 is 25.8 Å². The van der Waals surface area contributed by atoms with Crippen molar-refractivity contribution in [3.05, 3.63) is 52.3 Å². The maximum absolute atomic E-state index is 13.6. The molecule has 1 heterocycles. The van der Waals surface area contributed by atoms with Gasteiger partial charge in [-0.1, -0.05) is 23.7 Å². The lowest BCUT2D eigenvalue weighted by Crippen LogP contribution is -2.32. The number of para-hydroxylation sites is 1. The minimum atomic E-state index is -4.71. The molecule has 0 bridgehead atoms. The second kappa shape index (κ2) is 11.9. The summed E-state index contributed by atoms with van der Waals surface area (Å²) in [4.78, 5) is 39.5. The summed E-state index contributed by atoms with van der Waals surface area (Å²) < 4.78 is 51.2. The summed E-state index contributed by atoms with van der Waals surface area (Å²) in [6, 6.07) is 4.64. The summed E-state index contributed by atoms with van der Waals surface area (Å²) in [7, 11) is 0. The number of carbonyl (C=O) groups is 3. The predicted octanol–water partition coefficient (Wildman–Crippen LogP) is 4.68. The lowest BCUT2D eigenvalue weighted by atomic mass is 10.1. The molecule has 1 aromatic carbocycles. The highest BCUT2D eigenvalue weighted by Crippen LogP contribution is 2.38. The van der Waals surface area contributed by atoms with E-state index in [2.05, 4.69) is 15.6 Å². The smallest absolute Gasteiger partial charge is 0.419 e. The molecule has 0 atom stereocenters. The number of hydrogen-bond donors (Lipinski definition) is 3. The number of halogens is 4. The van der Waals surface area contributed by atoms with E-state index in [4.69, 9.17) is 26.8 Å². The van der Waals surface area contributed by atoms with Crippen molar-refractivity contribution < 1.29 is 37.0 Å². The van der Waals surface area contributed by atoms with Crippen LogP contribution in [0.15, 0.2) is 30.5 Å². The van der Waals surface area contributed by atoms with Crippen molar-refractivity contribution in [3.63, 3.8) is 0 Å². The number of amides is 3. The molecule has 36 heavy (non-hydrogen) atoms. The third-order valence-electron chi connectivity index (χ3n) is 4.43. The first-order chi connectivity index (χ1) is 16.7. The summed E-state index contributed by atoms with van der Waals surface area (Å²) >= 11 is 5.73. The van der Waals surface area contributed by atoms with Gasteiger partial charge >= 0.3 is 12.3 Å². The summed E-state index contributed by atoms with van der Waals surface area (Å²) in [6.07, 6.45) is -4.43. The van der Waals surface area contributed by atoms with Crippen LogP contribution < -0.4 is 21.1 Å². The molecule has 4 N–H and O–H groups in total. The van der Waals surface area contributed by atoms with Crippen molar-refractivity contribution in [1.29, 1.82) is 0 Å². The third-order valence-corrected chi connectivity index (χ3v) is 4.64. The highest BCUT2D eigenvalue weighted by Gasteiger charge is 2.35. The topological polar surface area (TPSA) is 133 Å². The zero-order valence-corrected chi connectivity index (χ0v) is 20.5. The van der Waals surface area contributed by atoms with E-state index in [1.807, 2.05) is 0 Å². The minimum Gasteiger partial charge on any atom is -0.493 e. The van der Waals surface area contributed by atoms with Crippen LogP contribution in [0.1, 0.15) is 55.1 Å². The van der Waals surface area contributed by atoms with E-state index in [-0.39, 0.29) is 48.0 Å². The van der Waals surface area contributed by atoms with Gasteiger partial charge in [0.1, 0.15) is 16.5 Å². The molecular weight excluding hydrogens is 505 g/mol. The second-order valence-corrected chi connectivity index (χ2v) is 8.95. The molecule has 0 aliphatic carbocycles. The van der Waals surface area contributed by atoms with Crippen LogP contribution in [0, 0.1) is 0 Å². The van der Waals surface area contributed by atoms with Crippen molar-refractivity contribution in [3.8, 4) is 5.75 Å². The molecule has 1 aromatic heterocycles. The number of primary amides is 1. The van der Waals surface area contributed by atoms with E-state index in [1.165, 1.54) is 24.4 Å². The van der Waals surface area contributed by atoms with Crippen LogP contribution in [0.3, 0.4) is 0 Å². The monoisotopic (exact) mass is 530 g/mol. The average Bonchev–Trinajstić information content (AvgIpc) is 2.74. The number of nitrogens with zero attached hydrogens (tertiary/aromatic N) is 1. The van der Waals surface area contributed by atoms with Gasteiger partial charge in [-0.2, -0.15) is 13.2 Å². The number of alkyl carbamates (subject to hydrolysis) is 1. The van der Waals surface area contributed by atoms with Crippen LogP contribution in [-0.4, -0.2) is 35.1 Å². The van der Waals surface area contributed by atoms with E-state index in [9.17, 15) is 27.6 Å². The molecule has 0 radical (unpaired) electrons. The molecule has 3 amide bonds. The van der Waals surface area contributed by atoms with Gasteiger partial charge in [0.15, 0.2) is 0 Å². The average molecular weight is 531 g/mol.